The molecule has 366 valence electrons. The van der Waals surface area contributed by atoms with E-state index >= 15 is 0 Å². The van der Waals surface area contributed by atoms with Gasteiger partial charge in [0.15, 0.2) is 23.0 Å². The highest BCUT2D eigenvalue weighted by Gasteiger charge is 2.39. The SMILES string of the molecule is COCCOCCCOCCN(CCCC(C)=O)c1cc(COc2cc3c(cc2OC)C(=O)N2c4ccccc4C[C@H]2C=N3)cc(COc2cc3c(cc2OC)C(=O)N2c4ccccc4C[C@H]2CN3)c1. The van der Waals surface area contributed by atoms with E-state index in [9.17, 15) is 14.4 Å². The summed E-state index contributed by atoms with van der Waals surface area (Å²) in [4.78, 5) is 51.1. The molecule has 0 unspecified atom stereocenters. The van der Waals surface area contributed by atoms with E-state index in [1.54, 1.807) is 46.5 Å². The third-order valence-electron chi connectivity index (χ3n) is 13.1. The number of aliphatic imine (C=N–C) groups is 1. The standard InChI is InChI=1S/C55H61N5O10/c1-36(61)11-9-16-58(17-20-67-18-10-19-68-22-21-64-2)41-24-37(34-69-52-30-46-44(28-50(52)65-3)54(62)59-42(32-56-46)26-39-12-5-7-14-48(39)59)23-38(25-41)35-70-53-31-47-45(29-51(53)66-4)55(63)60-43(33-57-47)27-40-13-6-8-15-49(40)60/h5-8,12-15,23-25,28-32,42-43,57H,9-11,16-22,26-27,33-35H2,1-4H3/t42-,43-/m0/s1. The number of carbonyl (C=O) groups is 3. The van der Waals surface area contributed by atoms with E-state index in [4.69, 9.17) is 38.2 Å². The van der Waals surface area contributed by atoms with Crippen LogP contribution in [-0.2, 0) is 45.1 Å². The number of methoxy groups -OCH3 is 3. The summed E-state index contributed by atoms with van der Waals surface area (Å²) in [6, 6.07) is 29.1. The van der Waals surface area contributed by atoms with Gasteiger partial charge in [-0.25, -0.2) is 0 Å². The maximum atomic E-state index is 14.2. The molecule has 2 atom stereocenters. The third kappa shape index (κ3) is 10.6. The average molecular weight is 952 g/mol. The molecule has 0 fully saturated rings. The molecule has 0 saturated heterocycles. The number of amides is 2. The number of fused-ring (bicyclic) bond motifs is 8. The van der Waals surface area contributed by atoms with Crippen LogP contribution in [-0.4, -0.2) is 110 Å². The predicted octanol–water partition coefficient (Wildman–Crippen LogP) is 8.39. The number of nitrogens with one attached hydrogen (secondary N) is 1. The van der Waals surface area contributed by atoms with E-state index in [0.717, 1.165) is 52.2 Å². The molecule has 0 radical (unpaired) electrons. The summed E-state index contributed by atoms with van der Waals surface area (Å²) < 4.78 is 41.6. The van der Waals surface area contributed by atoms with Crippen LogP contribution in [0.1, 0.15) is 69.2 Å². The Balaban J connectivity index is 0.977. The van der Waals surface area contributed by atoms with Gasteiger partial charge < -0.3 is 53.1 Å². The Morgan fingerprint density at radius 2 is 1.33 bits per heavy atom. The Hall–Kier alpha value is -6.94. The zero-order chi connectivity index (χ0) is 48.6. The molecule has 5 aromatic carbocycles. The lowest BCUT2D eigenvalue weighted by molar-refractivity contribution is -0.117. The molecule has 0 saturated carbocycles. The van der Waals surface area contributed by atoms with Crippen molar-refractivity contribution in [2.75, 3.05) is 94.0 Å². The van der Waals surface area contributed by atoms with Gasteiger partial charge in [0.2, 0.25) is 0 Å². The summed E-state index contributed by atoms with van der Waals surface area (Å²) in [5.41, 5.74) is 8.82. The van der Waals surface area contributed by atoms with E-state index < -0.39 is 0 Å². The number of nitrogens with zero attached hydrogens (tertiary/aromatic N) is 4. The summed E-state index contributed by atoms with van der Waals surface area (Å²) in [5.74, 6) is 1.67. The number of anilines is 4. The highest BCUT2D eigenvalue weighted by molar-refractivity contribution is 6.15. The van der Waals surface area contributed by atoms with Crippen LogP contribution in [0.2, 0.25) is 0 Å². The fourth-order valence-electron chi connectivity index (χ4n) is 9.69. The first-order valence-electron chi connectivity index (χ1n) is 24.0. The second kappa shape index (κ2) is 22.2. The molecule has 15 heteroatoms. The Morgan fingerprint density at radius 1 is 0.686 bits per heavy atom. The van der Waals surface area contributed by atoms with Crippen molar-refractivity contribution < 1.29 is 47.5 Å². The first kappa shape index (κ1) is 48.1. The van der Waals surface area contributed by atoms with Crippen LogP contribution in [0.3, 0.4) is 0 Å². The van der Waals surface area contributed by atoms with Gasteiger partial charge in [-0.3, -0.25) is 19.5 Å². The maximum Gasteiger partial charge on any atom is 0.261 e. The Kier molecular flexibility index (Phi) is 15.3. The third-order valence-corrected chi connectivity index (χ3v) is 13.1. The first-order valence-corrected chi connectivity index (χ1v) is 24.0. The number of hydrogen-bond donors (Lipinski definition) is 1. The van der Waals surface area contributed by atoms with E-state index in [-0.39, 0.29) is 42.9 Å². The Bertz CT molecular complexity index is 2740. The topological polar surface area (TPSA) is 150 Å². The molecule has 5 aromatic rings. The van der Waals surface area contributed by atoms with Crippen LogP contribution < -0.4 is 39.0 Å². The van der Waals surface area contributed by atoms with Gasteiger partial charge in [-0.15, -0.1) is 0 Å². The lowest BCUT2D eigenvalue weighted by Gasteiger charge is -2.26. The highest BCUT2D eigenvalue weighted by atomic mass is 16.5. The summed E-state index contributed by atoms with van der Waals surface area (Å²) in [7, 11) is 4.78. The molecule has 0 aromatic heterocycles. The molecule has 1 N–H and O–H groups in total. The highest BCUT2D eigenvalue weighted by Crippen LogP contribution is 2.43. The quantitative estimate of drug-likeness (QED) is 0.0627. The Labute approximate surface area is 409 Å². The molecular weight excluding hydrogens is 891 g/mol. The summed E-state index contributed by atoms with van der Waals surface area (Å²) >= 11 is 0. The zero-order valence-electron chi connectivity index (χ0n) is 40.4. The van der Waals surface area contributed by atoms with Gasteiger partial charge in [0.25, 0.3) is 11.8 Å². The first-order chi connectivity index (χ1) is 34.2. The molecule has 0 bridgehead atoms. The minimum Gasteiger partial charge on any atom is -0.493 e. The zero-order valence-corrected chi connectivity index (χ0v) is 40.4. The minimum absolute atomic E-state index is 0.0169. The monoisotopic (exact) mass is 951 g/mol. The van der Waals surface area contributed by atoms with Crippen molar-refractivity contribution in [1.29, 1.82) is 0 Å². The van der Waals surface area contributed by atoms with Gasteiger partial charge >= 0.3 is 0 Å². The minimum atomic E-state index is -0.194. The van der Waals surface area contributed by atoms with Gasteiger partial charge in [0.1, 0.15) is 19.0 Å². The van der Waals surface area contributed by atoms with Gasteiger partial charge in [-0.05, 0) is 90.9 Å². The van der Waals surface area contributed by atoms with Crippen LogP contribution in [0.15, 0.2) is 96.0 Å². The lowest BCUT2D eigenvalue weighted by Crippen LogP contribution is -2.39. The van der Waals surface area contributed by atoms with Crippen molar-refractivity contribution in [2.45, 2.75) is 64.3 Å². The summed E-state index contributed by atoms with van der Waals surface area (Å²) in [5, 5.41) is 3.53. The normalized spacial score (nSPS) is 16.2. The summed E-state index contributed by atoms with van der Waals surface area (Å²) in [6.07, 6.45) is 5.16. The number of ketones is 1. The molecule has 4 aliphatic rings. The lowest BCUT2D eigenvalue weighted by atomic mass is 10.1. The second-order valence-electron chi connectivity index (χ2n) is 17.9. The van der Waals surface area contributed by atoms with Crippen molar-refractivity contribution in [3.8, 4) is 23.0 Å². The number of para-hydroxylation sites is 2. The van der Waals surface area contributed by atoms with Crippen molar-refractivity contribution in [1.82, 2.24) is 0 Å². The number of Topliss-reactive ketones (excluding diaryl/α,β-unsaturated/α-hetero) is 1. The smallest absolute Gasteiger partial charge is 0.261 e. The van der Waals surface area contributed by atoms with E-state index in [1.165, 1.54) is 0 Å². The van der Waals surface area contributed by atoms with Crippen LogP contribution >= 0.6 is 0 Å². The number of carbonyl (C=O) groups excluding carboxylic acids is 3. The van der Waals surface area contributed by atoms with Crippen molar-refractivity contribution in [2.24, 2.45) is 4.99 Å². The molecule has 2 amide bonds. The largest absolute Gasteiger partial charge is 0.493 e. The molecule has 0 spiro atoms. The molecule has 70 heavy (non-hydrogen) atoms. The van der Waals surface area contributed by atoms with Gasteiger partial charge in [0.05, 0.1) is 68.6 Å². The molecule has 4 heterocycles. The fraction of sp³-hybridized carbons (Fsp3) is 0.382. The van der Waals surface area contributed by atoms with Gasteiger partial charge in [-0.1, -0.05) is 36.4 Å². The predicted molar refractivity (Wildman–Crippen MR) is 269 cm³/mol. The van der Waals surface area contributed by atoms with Crippen molar-refractivity contribution >= 4 is 52.2 Å². The Morgan fingerprint density at radius 3 is 2.03 bits per heavy atom. The molecule has 0 aliphatic carbocycles. The fourth-order valence-corrected chi connectivity index (χ4v) is 9.69. The average Bonchev–Trinajstić information content (AvgIpc) is 3.87. The van der Waals surface area contributed by atoms with E-state index in [0.29, 0.717) is 117 Å². The number of rotatable bonds is 23. The van der Waals surface area contributed by atoms with Crippen LogP contribution in [0.5, 0.6) is 23.0 Å². The van der Waals surface area contributed by atoms with Gasteiger partial charge in [0, 0.05) is 88.2 Å². The number of ether oxygens (including phenoxy) is 7. The van der Waals surface area contributed by atoms with Crippen molar-refractivity contribution in [3.05, 3.63) is 124 Å². The van der Waals surface area contributed by atoms with E-state index in [2.05, 4.69) is 28.4 Å². The summed E-state index contributed by atoms with van der Waals surface area (Å²) in [6.45, 7) is 6.35. The molecule has 9 rings (SSSR count). The second-order valence-corrected chi connectivity index (χ2v) is 17.9. The number of hydrogen-bond acceptors (Lipinski definition) is 13. The van der Waals surface area contributed by atoms with Crippen molar-refractivity contribution in [3.63, 3.8) is 0 Å². The van der Waals surface area contributed by atoms with Crippen LogP contribution in [0.4, 0.5) is 28.4 Å². The van der Waals surface area contributed by atoms with E-state index in [1.807, 2.05) is 70.6 Å². The van der Waals surface area contributed by atoms with Crippen LogP contribution in [0.25, 0.3) is 0 Å². The number of benzene rings is 5. The van der Waals surface area contributed by atoms with Gasteiger partial charge in [-0.2, -0.15) is 0 Å². The molecule has 4 aliphatic heterocycles. The molecular formula is C55H61N5O10. The van der Waals surface area contributed by atoms with Crippen LogP contribution in [0, 0.1) is 0 Å². The maximum absolute atomic E-state index is 14.2. The molecule has 15 nitrogen and oxygen atoms in total.